The molecule has 10 heteroatoms. The van der Waals surface area contributed by atoms with Gasteiger partial charge in [0.2, 0.25) is 5.91 Å². The molecular formula is C35H43F2N3O5. The Morgan fingerprint density at radius 2 is 1.49 bits per heavy atom. The third-order valence-corrected chi connectivity index (χ3v) is 7.35. The summed E-state index contributed by atoms with van der Waals surface area (Å²) in [5.41, 5.74) is 2.09. The third-order valence-electron chi connectivity index (χ3n) is 7.35. The van der Waals surface area contributed by atoms with Gasteiger partial charge in [0.1, 0.15) is 11.6 Å². The molecule has 3 amide bonds. The SMILES string of the molecule is CCCN(CCC)C(=O)c1cc(C)cc(C(=O)N[C@@H](Cc2cc(F)cc(F)c2)[C@H](O)CCNC(=O)C[C@@H](O)c2ccccc2)c1. The van der Waals surface area contributed by atoms with Gasteiger partial charge in [0.05, 0.1) is 24.7 Å². The number of carbonyl (C=O) groups excluding carboxylic acids is 3. The van der Waals surface area contributed by atoms with E-state index in [2.05, 4.69) is 10.6 Å². The standard InChI is InChI=1S/C35H43F2N3O5/c1-4-13-40(14-5-2)35(45)27-16-23(3)15-26(20-27)34(44)39-30(19-24-17-28(36)21-29(37)18-24)31(41)11-12-38-33(43)22-32(42)25-9-7-6-8-10-25/h6-10,15-18,20-21,30-32,41-42H,4-5,11-14,19,22H2,1-3H3,(H,38,43)(H,39,44)/t30-,31+,32+/m0/s1. The Labute approximate surface area is 263 Å². The largest absolute Gasteiger partial charge is 0.391 e. The maximum absolute atomic E-state index is 14.0. The van der Waals surface area contributed by atoms with Crippen LogP contribution in [0.1, 0.15) is 83.0 Å². The summed E-state index contributed by atoms with van der Waals surface area (Å²) in [5.74, 6) is -2.76. The summed E-state index contributed by atoms with van der Waals surface area (Å²) in [6.45, 7) is 6.95. The summed E-state index contributed by atoms with van der Waals surface area (Å²) in [4.78, 5) is 40.9. The molecule has 0 unspecified atom stereocenters. The average Bonchev–Trinajstić information content (AvgIpc) is 2.99. The lowest BCUT2D eigenvalue weighted by molar-refractivity contribution is -0.123. The molecule has 4 N–H and O–H groups in total. The second-order valence-electron chi connectivity index (χ2n) is 11.3. The van der Waals surface area contributed by atoms with Crippen molar-refractivity contribution in [2.75, 3.05) is 19.6 Å². The Balaban J connectivity index is 1.74. The summed E-state index contributed by atoms with van der Waals surface area (Å²) < 4.78 is 27.9. The number of amides is 3. The number of hydrogen-bond donors (Lipinski definition) is 4. The Morgan fingerprint density at radius 1 is 0.867 bits per heavy atom. The van der Waals surface area contributed by atoms with Gasteiger partial charge in [-0.25, -0.2) is 8.78 Å². The summed E-state index contributed by atoms with van der Waals surface area (Å²) in [7, 11) is 0. The molecule has 0 fully saturated rings. The van der Waals surface area contributed by atoms with E-state index in [0.29, 0.717) is 29.8 Å². The monoisotopic (exact) mass is 623 g/mol. The summed E-state index contributed by atoms with van der Waals surface area (Å²) in [5, 5.41) is 26.9. The molecule has 45 heavy (non-hydrogen) atoms. The molecule has 0 bridgehead atoms. The highest BCUT2D eigenvalue weighted by atomic mass is 19.1. The molecular weight excluding hydrogens is 580 g/mol. The minimum atomic E-state index is -1.21. The molecule has 0 heterocycles. The zero-order valence-electron chi connectivity index (χ0n) is 26.1. The maximum atomic E-state index is 14.0. The number of benzene rings is 3. The van der Waals surface area contributed by atoms with Crippen molar-refractivity contribution in [1.82, 2.24) is 15.5 Å². The van der Waals surface area contributed by atoms with Gasteiger partial charge in [0.15, 0.2) is 0 Å². The van der Waals surface area contributed by atoms with Crippen molar-refractivity contribution in [1.29, 1.82) is 0 Å². The molecule has 0 saturated carbocycles. The number of nitrogens with zero attached hydrogens (tertiary/aromatic N) is 1. The fourth-order valence-corrected chi connectivity index (χ4v) is 5.19. The summed E-state index contributed by atoms with van der Waals surface area (Å²) >= 11 is 0. The topological polar surface area (TPSA) is 119 Å². The fourth-order valence-electron chi connectivity index (χ4n) is 5.19. The van der Waals surface area contributed by atoms with Crippen LogP contribution in [0.2, 0.25) is 0 Å². The van der Waals surface area contributed by atoms with Crippen molar-refractivity contribution >= 4 is 17.7 Å². The zero-order chi connectivity index (χ0) is 32.9. The molecule has 8 nitrogen and oxygen atoms in total. The first kappa shape index (κ1) is 35.3. The summed E-state index contributed by atoms with van der Waals surface area (Å²) in [6.07, 6.45) is -0.885. The smallest absolute Gasteiger partial charge is 0.253 e. The molecule has 3 aromatic carbocycles. The lowest BCUT2D eigenvalue weighted by Gasteiger charge is -2.25. The highest BCUT2D eigenvalue weighted by Crippen LogP contribution is 2.18. The predicted molar refractivity (Wildman–Crippen MR) is 169 cm³/mol. The fraction of sp³-hybridized carbons (Fsp3) is 0.400. The second kappa shape index (κ2) is 17.4. The van der Waals surface area contributed by atoms with Gasteiger partial charge < -0.3 is 25.7 Å². The lowest BCUT2D eigenvalue weighted by atomic mass is 9.97. The van der Waals surface area contributed by atoms with E-state index >= 15 is 0 Å². The number of aliphatic hydroxyl groups is 2. The minimum Gasteiger partial charge on any atom is -0.391 e. The minimum absolute atomic E-state index is 0.0104. The van der Waals surface area contributed by atoms with Gasteiger partial charge in [-0.05, 0) is 79.6 Å². The Kier molecular flexibility index (Phi) is 13.6. The van der Waals surface area contributed by atoms with Crippen LogP contribution in [0.25, 0.3) is 0 Å². The van der Waals surface area contributed by atoms with Gasteiger partial charge in [-0.2, -0.15) is 0 Å². The zero-order valence-corrected chi connectivity index (χ0v) is 26.1. The van der Waals surface area contributed by atoms with Gasteiger partial charge in [-0.1, -0.05) is 44.2 Å². The van der Waals surface area contributed by atoms with E-state index in [1.165, 1.54) is 6.07 Å². The molecule has 3 aromatic rings. The van der Waals surface area contributed by atoms with Crippen molar-refractivity contribution in [3.63, 3.8) is 0 Å². The van der Waals surface area contributed by atoms with Gasteiger partial charge in [0.25, 0.3) is 11.8 Å². The van der Waals surface area contributed by atoms with E-state index in [0.717, 1.165) is 31.0 Å². The van der Waals surface area contributed by atoms with E-state index in [4.69, 9.17) is 0 Å². The molecule has 242 valence electrons. The normalized spacial score (nSPS) is 13.0. The van der Waals surface area contributed by atoms with E-state index < -0.39 is 41.7 Å². The lowest BCUT2D eigenvalue weighted by Crippen LogP contribution is -2.46. The van der Waals surface area contributed by atoms with E-state index in [9.17, 15) is 33.4 Å². The number of nitrogens with one attached hydrogen (secondary N) is 2. The van der Waals surface area contributed by atoms with E-state index in [1.807, 2.05) is 13.8 Å². The maximum Gasteiger partial charge on any atom is 0.253 e. The van der Waals surface area contributed by atoms with Crippen LogP contribution in [0.4, 0.5) is 8.78 Å². The predicted octanol–water partition coefficient (Wildman–Crippen LogP) is 4.87. The molecule has 3 atom stereocenters. The van der Waals surface area contributed by atoms with E-state index in [1.54, 1.807) is 54.3 Å². The first-order valence-electron chi connectivity index (χ1n) is 15.3. The molecule has 0 aromatic heterocycles. The van der Waals surface area contributed by atoms with Crippen LogP contribution < -0.4 is 10.6 Å². The highest BCUT2D eigenvalue weighted by molar-refractivity contribution is 6.00. The molecule has 0 aliphatic rings. The van der Waals surface area contributed by atoms with Crippen LogP contribution in [0.3, 0.4) is 0 Å². The molecule has 0 aliphatic heterocycles. The van der Waals surface area contributed by atoms with Crippen molar-refractivity contribution in [3.8, 4) is 0 Å². The van der Waals surface area contributed by atoms with Crippen LogP contribution >= 0.6 is 0 Å². The van der Waals surface area contributed by atoms with Crippen LogP contribution in [0.15, 0.2) is 66.7 Å². The first-order valence-corrected chi connectivity index (χ1v) is 15.3. The Morgan fingerprint density at radius 3 is 2.11 bits per heavy atom. The van der Waals surface area contributed by atoms with Crippen molar-refractivity contribution in [2.24, 2.45) is 0 Å². The first-order chi connectivity index (χ1) is 21.5. The van der Waals surface area contributed by atoms with Crippen molar-refractivity contribution < 1.29 is 33.4 Å². The van der Waals surface area contributed by atoms with Crippen LogP contribution in [0, 0.1) is 18.6 Å². The number of aryl methyl sites for hydroxylation is 1. The highest BCUT2D eigenvalue weighted by Gasteiger charge is 2.25. The van der Waals surface area contributed by atoms with Crippen molar-refractivity contribution in [2.45, 2.75) is 71.1 Å². The quantitative estimate of drug-likeness (QED) is 0.182. The van der Waals surface area contributed by atoms with Gasteiger partial charge >= 0.3 is 0 Å². The van der Waals surface area contributed by atoms with Gasteiger partial charge in [0, 0.05) is 36.8 Å². The number of rotatable bonds is 16. The number of hydrogen-bond acceptors (Lipinski definition) is 5. The number of halogens is 2. The molecule has 3 rings (SSSR count). The second-order valence-corrected chi connectivity index (χ2v) is 11.3. The molecule has 0 spiro atoms. The van der Waals surface area contributed by atoms with E-state index in [-0.39, 0.29) is 42.8 Å². The van der Waals surface area contributed by atoms with Crippen LogP contribution in [0.5, 0.6) is 0 Å². The van der Waals surface area contributed by atoms with Crippen LogP contribution in [-0.2, 0) is 11.2 Å². The average molecular weight is 624 g/mol. The molecule has 0 saturated heterocycles. The molecule has 0 aliphatic carbocycles. The number of aliphatic hydroxyl groups excluding tert-OH is 2. The summed E-state index contributed by atoms with van der Waals surface area (Å²) in [6, 6.07) is 15.6. The Bertz CT molecular complexity index is 1410. The van der Waals surface area contributed by atoms with Gasteiger partial charge in [-0.3, -0.25) is 14.4 Å². The Hall–Kier alpha value is -4.15. The van der Waals surface area contributed by atoms with Gasteiger partial charge in [-0.15, -0.1) is 0 Å². The molecule has 0 radical (unpaired) electrons. The van der Waals surface area contributed by atoms with Crippen molar-refractivity contribution in [3.05, 3.63) is 106 Å². The number of carbonyl (C=O) groups is 3. The third kappa shape index (κ3) is 11.1. The van der Waals surface area contributed by atoms with Crippen LogP contribution in [-0.4, -0.2) is 64.6 Å².